The summed E-state index contributed by atoms with van der Waals surface area (Å²) in [6.45, 7) is 8.68. The lowest BCUT2D eigenvalue weighted by molar-refractivity contribution is -0.128. The highest BCUT2D eigenvalue weighted by Crippen LogP contribution is 2.32. The van der Waals surface area contributed by atoms with Crippen molar-refractivity contribution in [3.8, 4) is 5.75 Å². The minimum Gasteiger partial charge on any atom is -0.494 e. The molecule has 164 valence electrons. The van der Waals surface area contributed by atoms with Gasteiger partial charge in [0.15, 0.2) is 5.54 Å². The first kappa shape index (κ1) is 22.6. The highest BCUT2D eigenvalue weighted by Gasteiger charge is 2.49. The number of ether oxygens (including phenoxy) is 2. The van der Waals surface area contributed by atoms with Crippen molar-refractivity contribution in [1.82, 2.24) is 5.32 Å². The Morgan fingerprint density at radius 3 is 2.77 bits per heavy atom. The van der Waals surface area contributed by atoms with Crippen LogP contribution < -0.4 is 10.1 Å². The van der Waals surface area contributed by atoms with Gasteiger partial charge in [0.1, 0.15) is 11.9 Å². The molecule has 2 N–H and O–H groups in total. The van der Waals surface area contributed by atoms with Crippen molar-refractivity contribution in [2.24, 2.45) is 4.99 Å². The largest absolute Gasteiger partial charge is 0.494 e. The second-order valence-electron chi connectivity index (χ2n) is 7.72. The van der Waals surface area contributed by atoms with Gasteiger partial charge in [-0.05, 0) is 43.7 Å². The highest BCUT2D eigenvalue weighted by molar-refractivity contribution is 6.00. The molecule has 0 bridgehead atoms. The number of hydrogen-bond acceptors (Lipinski definition) is 5. The van der Waals surface area contributed by atoms with Gasteiger partial charge in [-0.1, -0.05) is 35.9 Å². The Kier molecular flexibility index (Phi) is 7.47. The molecule has 0 aliphatic carbocycles. The fourth-order valence-corrected chi connectivity index (χ4v) is 3.56. The molecule has 0 unspecified atom stereocenters. The second-order valence-corrected chi connectivity index (χ2v) is 7.72. The van der Waals surface area contributed by atoms with E-state index in [0.717, 1.165) is 16.7 Å². The highest BCUT2D eigenvalue weighted by atomic mass is 16.5. The molecule has 0 fully saturated rings. The van der Waals surface area contributed by atoms with Gasteiger partial charge < -0.3 is 19.9 Å². The zero-order chi connectivity index (χ0) is 22.3. The van der Waals surface area contributed by atoms with Crippen molar-refractivity contribution < 1.29 is 19.4 Å². The SMILES string of the molecule is C=CC[C@@]1(C(=O)NCc2cccc(C)c2)N=C(c2ccc(OCCCO)cc2)O[C@@H]1C. The molecule has 2 atom stereocenters. The molecule has 2 aromatic carbocycles. The molecule has 1 heterocycles. The number of nitrogens with zero attached hydrogens (tertiary/aromatic N) is 1. The summed E-state index contributed by atoms with van der Waals surface area (Å²) in [4.78, 5) is 17.9. The Hall–Kier alpha value is -3.12. The number of amides is 1. The zero-order valence-electron chi connectivity index (χ0n) is 18.1. The van der Waals surface area contributed by atoms with Crippen LogP contribution in [0, 0.1) is 6.92 Å². The summed E-state index contributed by atoms with van der Waals surface area (Å²) in [7, 11) is 0. The van der Waals surface area contributed by atoms with Crippen LogP contribution in [0.2, 0.25) is 0 Å². The summed E-state index contributed by atoms with van der Waals surface area (Å²) >= 11 is 0. The van der Waals surface area contributed by atoms with Crippen LogP contribution in [-0.4, -0.2) is 41.8 Å². The van der Waals surface area contributed by atoms with Crippen molar-refractivity contribution in [2.75, 3.05) is 13.2 Å². The first-order chi connectivity index (χ1) is 15.0. The van der Waals surface area contributed by atoms with Crippen LogP contribution in [0.3, 0.4) is 0 Å². The van der Waals surface area contributed by atoms with E-state index in [1.807, 2.05) is 62.4 Å². The van der Waals surface area contributed by atoms with E-state index >= 15 is 0 Å². The molecule has 1 aliphatic heterocycles. The maximum absolute atomic E-state index is 13.2. The summed E-state index contributed by atoms with van der Waals surface area (Å²) in [6.07, 6.45) is 2.23. The molecule has 31 heavy (non-hydrogen) atoms. The Morgan fingerprint density at radius 1 is 1.32 bits per heavy atom. The van der Waals surface area contributed by atoms with Crippen LogP contribution in [0.15, 0.2) is 66.2 Å². The summed E-state index contributed by atoms with van der Waals surface area (Å²) in [5.74, 6) is 0.958. The van der Waals surface area contributed by atoms with Crippen molar-refractivity contribution in [3.05, 3.63) is 77.9 Å². The quantitative estimate of drug-likeness (QED) is 0.453. The minimum absolute atomic E-state index is 0.0952. The molecule has 6 heteroatoms. The third kappa shape index (κ3) is 5.33. The van der Waals surface area contributed by atoms with Crippen LogP contribution in [0.5, 0.6) is 5.75 Å². The van der Waals surface area contributed by atoms with E-state index in [-0.39, 0.29) is 12.5 Å². The summed E-state index contributed by atoms with van der Waals surface area (Å²) in [6, 6.07) is 15.4. The van der Waals surface area contributed by atoms with Gasteiger partial charge in [-0.3, -0.25) is 4.79 Å². The van der Waals surface area contributed by atoms with Crippen LogP contribution in [0.1, 0.15) is 36.5 Å². The van der Waals surface area contributed by atoms with Gasteiger partial charge in [0.25, 0.3) is 5.91 Å². The number of aryl methyl sites for hydroxylation is 1. The van der Waals surface area contributed by atoms with Crippen molar-refractivity contribution >= 4 is 11.8 Å². The Bertz CT molecular complexity index is 939. The van der Waals surface area contributed by atoms with Crippen molar-refractivity contribution in [1.29, 1.82) is 0 Å². The molecule has 0 spiro atoms. The maximum Gasteiger partial charge on any atom is 0.252 e. The molecule has 1 aliphatic rings. The molecule has 0 saturated carbocycles. The number of nitrogens with one attached hydrogen (secondary N) is 1. The molecule has 0 saturated heterocycles. The number of carbonyl (C=O) groups is 1. The summed E-state index contributed by atoms with van der Waals surface area (Å²) in [5.41, 5.74) is 1.90. The average Bonchev–Trinajstić information content (AvgIpc) is 3.10. The van der Waals surface area contributed by atoms with Crippen LogP contribution in [0.4, 0.5) is 0 Å². The molecular formula is C25H30N2O4. The molecule has 0 aromatic heterocycles. The number of rotatable bonds is 10. The monoisotopic (exact) mass is 422 g/mol. The van der Waals surface area contributed by atoms with Gasteiger partial charge >= 0.3 is 0 Å². The number of carbonyl (C=O) groups excluding carboxylic acids is 1. The number of hydrogen-bond donors (Lipinski definition) is 2. The van der Waals surface area contributed by atoms with Crippen molar-refractivity contribution in [2.45, 2.75) is 44.9 Å². The fourth-order valence-electron chi connectivity index (χ4n) is 3.56. The predicted octanol–water partition coefficient (Wildman–Crippen LogP) is 3.55. The van der Waals surface area contributed by atoms with Gasteiger partial charge in [0.2, 0.25) is 5.90 Å². The summed E-state index contributed by atoms with van der Waals surface area (Å²) in [5, 5.41) is 11.9. The van der Waals surface area contributed by atoms with E-state index in [2.05, 4.69) is 11.9 Å². The molecule has 1 amide bonds. The lowest BCUT2D eigenvalue weighted by atomic mass is 9.89. The topological polar surface area (TPSA) is 80.2 Å². The van der Waals surface area contributed by atoms with Crippen LogP contribution >= 0.6 is 0 Å². The Morgan fingerprint density at radius 2 is 2.10 bits per heavy atom. The average molecular weight is 423 g/mol. The van der Waals surface area contributed by atoms with Gasteiger partial charge in [-0.25, -0.2) is 4.99 Å². The predicted molar refractivity (Wildman–Crippen MR) is 121 cm³/mol. The molecule has 2 aromatic rings. The number of benzene rings is 2. The first-order valence-corrected chi connectivity index (χ1v) is 10.5. The molecular weight excluding hydrogens is 392 g/mol. The van der Waals surface area contributed by atoms with E-state index in [4.69, 9.17) is 19.6 Å². The zero-order valence-corrected chi connectivity index (χ0v) is 18.1. The van der Waals surface area contributed by atoms with Gasteiger partial charge in [-0.2, -0.15) is 0 Å². The van der Waals surface area contributed by atoms with E-state index in [1.54, 1.807) is 6.08 Å². The lowest BCUT2D eigenvalue weighted by Crippen LogP contribution is -2.50. The van der Waals surface area contributed by atoms with Gasteiger partial charge in [0.05, 0.1) is 6.61 Å². The fraction of sp³-hybridized carbons (Fsp3) is 0.360. The Labute approximate surface area is 183 Å². The van der Waals surface area contributed by atoms with Crippen molar-refractivity contribution in [3.63, 3.8) is 0 Å². The number of aliphatic imine (C=N–C) groups is 1. The van der Waals surface area contributed by atoms with Crippen LogP contribution in [0.25, 0.3) is 0 Å². The van der Waals surface area contributed by atoms with E-state index in [0.29, 0.717) is 37.6 Å². The lowest BCUT2D eigenvalue weighted by Gasteiger charge is -2.26. The Balaban J connectivity index is 1.76. The minimum atomic E-state index is -1.06. The van der Waals surface area contributed by atoms with E-state index in [9.17, 15) is 4.79 Å². The molecule has 3 rings (SSSR count). The molecule has 0 radical (unpaired) electrons. The molecule has 6 nitrogen and oxygen atoms in total. The van der Waals surface area contributed by atoms with Gasteiger partial charge in [-0.15, -0.1) is 6.58 Å². The summed E-state index contributed by atoms with van der Waals surface area (Å²) < 4.78 is 11.6. The maximum atomic E-state index is 13.2. The van der Waals surface area contributed by atoms with E-state index < -0.39 is 11.6 Å². The standard InChI is InChI=1S/C25H30N2O4/c1-4-13-25(24(29)26-17-20-8-5-7-18(2)16-20)19(3)31-23(27-25)21-9-11-22(12-10-21)30-15-6-14-28/h4-5,7-12,16,19,28H,1,6,13-15,17H2,2-3H3,(H,26,29)/t19-,25-/m1/s1. The second kappa shape index (κ2) is 10.3. The third-order valence-electron chi connectivity index (χ3n) is 5.32. The van der Waals surface area contributed by atoms with Gasteiger partial charge in [0, 0.05) is 31.6 Å². The smallest absolute Gasteiger partial charge is 0.252 e. The first-order valence-electron chi connectivity index (χ1n) is 10.5. The third-order valence-corrected chi connectivity index (χ3v) is 5.32. The normalized spacial score (nSPS) is 20.0. The number of aliphatic hydroxyl groups excluding tert-OH is 1. The number of aliphatic hydroxyl groups is 1. The van der Waals surface area contributed by atoms with E-state index in [1.165, 1.54) is 0 Å². The van der Waals surface area contributed by atoms with Crippen LogP contribution in [-0.2, 0) is 16.1 Å².